The van der Waals surface area contributed by atoms with Crippen LogP contribution in [0.25, 0.3) is 0 Å². The summed E-state index contributed by atoms with van der Waals surface area (Å²) in [6.45, 7) is 10.1. The molecule has 1 aromatic carbocycles. The van der Waals surface area contributed by atoms with Crippen LogP contribution in [0.3, 0.4) is 0 Å². The maximum atomic E-state index is 13.7. The van der Waals surface area contributed by atoms with Gasteiger partial charge in [-0.2, -0.15) is 4.31 Å². The summed E-state index contributed by atoms with van der Waals surface area (Å²) in [7, 11) is -3.89. The van der Waals surface area contributed by atoms with Gasteiger partial charge in [0.15, 0.2) is 0 Å². The minimum absolute atomic E-state index is 0.0406. The number of nitrogens with one attached hydrogen (secondary N) is 1. The lowest BCUT2D eigenvalue weighted by atomic mass is 9.92. The minimum atomic E-state index is -3.89. The number of carbonyl (C=O) groups excluding carboxylic acids is 1. The first-order valence-electron chi connectivity index (χ1n) is 11.2. The fourth-order valence-corrected chi connectivity index (χ4v) is 6.11. The number of hydrogen-bond acceptors (Lipinski definition) is 5. The first-order valence-corrected chi connectivity index (χ1v) is 12.7. The molecular weight excluding hydrogens is 419 g/mol. The number of benzene rings is 1. The lowest BCUT2D eigenvalue weighted by Gasteiger charge is -2.36. The van der Waals surface area contributed by atoms with Gasteiger partial charge in [0.1, 0.15) is 5.82 Å². The normalized spacial score (nSPS) is 23.3. The predicted molar refractivity (Wildman–Crippen MR) is 119 cm³/mol. The van der Waals surface area contributed by atoms with E-state index in [2.05, 4.69) is 24.1 Å². The first-order chi connectivity index (χ1) is 14.8. The zero-order chi connectivity index (χ0) is 22.4. The molecule has 2 saturated heterocycles. The average molecular weight is 455 g/mol. The summed E-state index contributed by atoms with van der Waals surface area (Å²) in [6, 6.07) is 5.09. The molecule has 174 valence electrons. The second-order valence-corrected chi connectivity index (χ2v) is 10.9. The first kappa shape index (κ1) is 24.1. The topological polar surface area (TPSA) is 73.0 Å². The van der Waals surface area contributed by atoms with E-state index in [9.17, 15) is 17.6 Å². The van der Waals surface area contributed by atoms with Crippen LogP contribution in [0.1, 0.15) is 26.7 Å². The number of likely N-dealkylation sites (tertiary alicyclic amines) is 1. The van der Waals surface area contributed by atoms with E-state index in [0.29, 0.717) is 31.5 Å². The molecule has 31 heavy (non-hydrogen) atoms. The van der Waals surface area contributed by atoms with Crippen molar-refractivity contribution in [2.75, 3.05) is 58.9 Å². The largest absolute Gasteiger partial charge is 0.340 e. The van der Waals surface area contributed by atoms with Crippen molar-refractivity contribution in [1.82, 2.24) is 19.4 Å². The van der Waals surface area contributed by atoms with Crippen molar-refractivity contribution in [3.05, 3.63) is 30.1 Å². The van der Waals surface area contributed by atoms with Crippen LogP contribution >= 0.6 is 0 Å². The second-order valence-electron chi connectivity index (χ2n) is 8.95. The number of sulfonamides is 1. The zero-order valence-corrected chi connectivity index (χ0v) is 19.4. The highest BCUT2D eigenvalue weighted by Gasteiger charge is 2.28. The van der Waals surface area contributed by atoms with Gasteiger partial charge in [-0.15, -0.1) is 0 Å². The van der Waals surface area contributed by atoms with Crippen LogP contribution in [0, 0.1) is 17.7 Å². The molecule has 1 aromatic rings. The predicted octanol–water partition coefficient (Wildman–Crippen LogP) is 1.62. The standard InChI is InChI=1S/C22H35FN4O3S/c1-18-14-19(2)17-25(16-18)12-13-27(9-6-22(28)26-10-7-24-8-11-26)31(29,30)21-5-3-4-20(23)15-21/h3-5,15,18-19,24H,6-14,16-17H2,1-2H3. The highest BCUT2D eigenvalue weighted by molar-refractivity contribution is 7.89. The highest BCUT2D eigenvalue weighted by atomic mass is 32.2. The van der Waals surface area contributed by atoms with Gasteiger partial charge in [0.2, 0.25) is 15.9 Å². The van der Waals surface area contributed by atoms with Crippen LogP contribution in [0.2, 0.25) is 0 Å². The van der Waals surface area contributed by atoms with E-state index in [-0.39, 0.29) is 30.3 Å². The van der Waals surface area contributed by atoms with Crippen molar-refractivity contribution in [1.29, 1.82) is 0 Å². The summed E-state index contributed by atoms with van der Waals surface area (Å²) < 4.78 is 41.6. The molecule has 0 radical (unpaired) electrons. The Morgan fingerprint density at radius 3 is 2.48 bits per heavy atom. The quantitative estimate of drug-likeness (QED) is 0.646. The van der Waals surface area contributed by atoms with Crippen LogP contribution in [0.15, 0.2) is 29.2 Å². The molecule has 9 heteroatoms. The lowest BCUT2D eigenvalue weighted by Crippen LogP contribution is -2.48. The number of carbonyl (C=O) groups is 1. The Bertz CT molecular complexity index is 835. The third kappa shape index (κ3) is 6.71. The fraction of sp³-hybridized carbons (Fsp3) is 0.682. The molecule has 0 saturated carbocycles. The molecule has 0 aromatic heterocycles. The van der Waals surface area contributed by atoms with Gasteiger partial charge in [0, 0.05) is 65.3 Å². The van der Waals surface area contributed by atoms with Gasteiger partial charge >= 0.3 is 0 Å². The smallest absolute Gasteiger partial charge is 0.243 e. The van der Waals surface area contributed by atoms with Crippen LogP contribution in [-0.2, 0) is 14.8 Å². The third-order valence-corrected chi connectivity index (χ3v) is 7.98. The molecule has 1 amide bonds. The third-order valence-electron chi connectivity index (χ3n) is 6.09. The highest BCUT2D eigenvalue weighted by Crippen LogP contribution is 2.22. The molecular formula is C22H35FN4O3S. The maximum Gasteiger partial charge on any atom is 0.243 e. The van der Waals surface area contributed by atoms with Gasteiger partial charge in [-0.1, -0.05) is 19.9 Å². The Balaban J connectivity index is 1.70. The number of rotatable bonds is 8. The van der Waals surface area contributed by atoms with Crippen LogP contribution in [0.5, 0.6) is 0 Å². The van der Waals surface area contributed by atoms with Crippen LogP contribution in [0.4, 0.5) is 4.39 Å². The molecule has 7 nitrogen and oxygen atoms in total. The van der Waals surface area contributed by atoms with Gasteiger partial charge in [0.25, 0.3) is 0 Å². The maximum absolute atomic E-state index is 13.7. The van der Waals surface area contributed by atoms with Gasteiger partial charge in [-0.25, -0.2) is 12.8 Å². The molecule has 2 heterocycles. The summed E-state index contributed by atoms with van der Waals surface area (Å²) in [4.78, 5) is 16.6. The molecule has 3 rings (SSSR count). The van der Waals surface area contributed by atoms with Crippen molar-refractivity contribution >= 4 is 15.9 Å². The summed E-state index contributed by atoms with van der Waals surface area (Å²) in [5.41, 5.74) is 0. The summed E-state index contributed by atoms with van der Waals surface area (Å²) in [5.74, 6) is 0.524. The van der Waals surface area contributed by atoms with Crippen molar-refractivity contribution in [3.8, 4) is 0 Å². The Morgan fingerprint density at radius 2 is 1.84 bits per heavy atom. The Kier molecular flexibility index (Phi) is 8.43. The molecule has 0 aliphatic carbocycles. The van der Waals surface area contributed by atoms with E-state index in [1.54, 1.807) is 4.90 Å². The van der Waals surface area contributed by atoms with Crippen LogP contribution < -0.4 is 5.32 Å². The van der Waals surface area contributed by atoms with Gasteiger partial charge < -0.3 is 15.1 Å². The van der Waals surface area contributed by atoms with Crippen molar-refractivity contribution < 1.29 is 17.6 Å². The zero-order valence-electron chi connectivity index (χ0n) is 18.6. The Labute approximate surface area is 185 Å². The van der Waals surface area contributed by atoms with E-state index in [4.69, 9.17) is 0 Å². The van der Waals surface area contributed by atoms with E-state index < -0.39 is 15.8 Å². The average Bonchev–Trinajstić information content (AvgIpc) is 2.73. The lowest BCUT2D eigenvalue weighted by molar-refractivity contribution is -0.131. The molecule has 2 aliphatic rings. The van der Waals surface area contributed by atoms with E-state index >= 15 is 0 Å². The van der Waals surface area contributed by atoms with Crippen LogP contribution in [-0.4, -0.2) is 87.3 Å². The Morgan fingerprint density at radius 1 is 1.16 bits per heavy atom. The van der Waals surface area contributed by atoms with Crippen molar-refractivity contribution in [2.24, 2.45) is 11.8 Å². The van der Waals surface area contributed by atoms with Gasteiger partial charge in [-0.3, -0.25) is 4.79 Å². The van der Waals surface area contributed by atoms with Gasteiger partial charge in [0.05, 0.1) is 4.90 Å². The van der Waals surface area contributed by atoms with Gasteiger partial charge in [-0.05, 0) is 36.5 Å². The number of piperazine rings is 1. The van der Waals surface area contributed by atoms with E-state index in [1.807, 2.05) is 0 Å². The van der Waals surface area contributed by atoms with Crippen molar-refractivity contribution in [3.63, 3.8) is 0 Å². The number of piperidine rings is 1. The summed E-state index contributed by atoms with van der Waals surface area (Å²) >= 11 is 0. The molecule has 2 fully saturated rings. The molecule has 0 bridgehead atoms. The molecule has 1 N–H and O–H groups in total. The minimum Gasteiger partial charge on any atom is -0.340 e. The second kappa shape index (κ2) is 10.8. The van der Waals surface area contributed by atoms with E-state index in [1.165, 1.54) is 28.9 Å². The van der Waals surface area contributed by atoms with Crippen molar-refractivity contribution in [2.45, 2.75) is 31.6 Å². The summed E-state index contributed by atoms with van der Waals surface area (Å²) in [6.07, 6.45) is 1.31. The molecule has 2 atom stereocenters. The molecule has 0 spiro atoms. The molecule has 2 unspecified atom stereocenters. The monoisotopic (exact) mass is 454 g/mol. The number of nitrogens with zero attached hydrogens (tertiary/aromatic N) is 3. The molecule has 2 aliphatic heterocycles. The Hall–Kier alpha value is -1.55. The number of halogens is 1. The van der Waals surface area contributed by atoms with E-state index in [0.717, 1.165) is 32.2 Å². The SMILES string of the molecule is CC1CC(C)CN(CCN(CCC(=O)N2CCNCC2)S(=O)(=O)c2cccc(F)c2)C1. The number of hydrogen-bond donors (Lipinski definition) is 1. The summed E-state index contributed by atoms with van der Waals surface area (Å²) in [5, 5.41) is 3.21. The number of amides is 1. The fourth-order valence-electron chi connectivity index (χ4n) is 4.65.